The number of nitrogens with one attached hydrogen (secondary N) is 1. The number of hydrogen-bond acceptors (Lipinski definition) is 5. The minimum Gasteiger partial charge on any atom is -0.369 e. The Morgan fingerprint density at radius 1 is 1.50 bits per heavy atom. The van der Waals surface area contributed by atoms with Gasteiger partial charge in [-0.05, 0) is 24.6 Å². The number of nitrogens with zero attached hydrogens (tertiary/aromatic N) is 1. The number of amides is 1. The summed E-state index contributed by atoms with van der Waals surface area (Å²) in [7, 11) is -3.71. The van der Waals surface area contributed by atoms with E-state index < -0.39 is 15.9 Å². The highest BCUT2D eigenvalue weighted by molar-refractivity contribution is 8.15. The molecule has 0 saturated carbocycles. The number of primary amides is 1. The predicted octanol–water partition coefficient (Wildman–Crippen LogP) is 0.684. The van der Waals surface area contributed by atoms with Crippen LogP contribution in [0.1, 0.15) is 5.56 Å². The van der Waals surface area contributed by atoms with Crippen molar-refractivity contribution in [1.29, 1.82) is 0 Å². The average molecular weight is 285 g/mol. The number of hydrogen-bond donors (Lipinski definition) is 2. The van der Waals surface area contributed by atoms with E-state index in [2.05, 4.69) is 9.71 Å². The van der Waals surface area contributed by atoms with E-state index in [0.717, 1.165) is 17.3 Å². The van der Waals surface area contributed by atoms with Crippen molar-refractivity contribution in [3.8, 4) is 0 Å². The van der Waals surface area contributed by atoms with E-state index in [-0.39, 0.29) is 15.8 Å². The van der Waals surface area contributed by atoms with Crippen LogP contribution in [-0.4, -0.2) is 25.2 Å². The van der Waals surface area contributed by atoms with Gasteiger partial charge in [0.2, 0.25) is 5.91 Å². The van der Waals surface area contributed by atoms with Gasteiger partial charge in [-0.2, -0.15) is 8.42 Å². The second-order valence-electron chi connectivity index (χ2n) is 3.75. The van der Waals surface area contributed by atoms with Crippen LogP contribution in [0.25, 0.3) is 0 Å². The van der Waals surface area contributed by atoms with Crippen LogP contribution in [0.4, 0.5) is 5.69 Å². The van der Waals surface area contributed by atoms with Crippen molar-refractivity contribution < 1.29 is 13.2 Å². The minimum atomic E-state index is -3.71. The van der Waals surface area contributed by atoms with E-state index in [1.165, 1.54) is 0 Å². The van der Waals surface area contributed by atoms with Crippen molar-refractivity contribution in [2.75, 3.05) is 11.1 Å². The molecule has 1 heterocycles. The molecule has 0 atom stereocenters. The molecule has 0 aliphatic carbocycles. The number of amidine groups is 1. The maximum Gasteiger partial charge on any atom is 0.286 e. The molecule has 8 heteroatoms. The maximum atomic E-state index is 11.9. The second-order valence-corrected chi connectivity index (χ2v) is 6.29. The van der Waals surface area contributed by atoms with E-state index in [0.29, 0.717) is 5.69 Å². The summed E-state index contributed by atoms with van der Waals surface area (Å²) >= 11 is 0.961. The molecule has 0 radical (unpaired) electrons. The topological polar surface area (TPSA) is 102 Å². The Morgan fingerprint density at radius 3 is 2.89 bits per heavy atom. The van der Waals surface area contributed by atoms with Gasteiger partial charge in [0.1, 0.15) is 4.90 Å². The fraction of sp³-hybridized carbons (Fsp3) is 0.200. The molecule has 18 heavy (non-hydrogen) atoms. The smallest absolute Gasteiger partial charge is 0.286 e. The van der Waals surface area contributed by atoms with E-state index in [1.807, 2.05) is 0 Å². The number of benzene rings is 1. The summed E-state index contributed by atoms with van der Waals surface area (Å²) in [4.78, 5) is 10.8. The lowest BCUT2D eigenvalue weighted by Crippen LogP contribution is -2.22. The number of nitrogens with two attached hydrogens (primary N) is 1. The summed E-state index contributed by atoms with van der Waals surface area (Å²) in [5.74, 6) is -0.556. The van der Waals surface area contributed by atoms with Gasteiger partial charge < -0.3 is 11.1 Å². The van der Waals surface area contributed by atoms with Crippen molar-refractivity contribution in [1.82, 2.24) is 0 Å². The van der Waals surface area contributed by atoms with Crippen molar-refractivity contribution in [3.63, 3.8) is 0 Å². The Labute approximate surface area is 109 Å². The van der Waals surface area contributed by atoms with Crippen LogP contribution >= 0.6 is 11.8 Å². The lowest BCUT2D eigenvalue weighted by Gasteiger charge is -2.17. The van der Waals surface area contributed by atoms with Crippen molar-refractivity contribution in [2.24, 2.45) is 10.1 Å². The van der Waals surface area contributed by atoms with Crippen LogP contribution in [0, 0.1) is 6.92 Å². The van der Waals surface area contributed by atoms with E-state index in [4.69, 9.17) is 5.73 Å². The van der Waals surface area contributed by atoms with Gasteiger partial charge in [-0.3, -0.25) is 4.79 Å². The minimum absolute atomic E-state index is 0.0252. The molecule has 1 aliphatic rings. The summed E-state index contributed by atoms with van der Waals surface area (Å²) in [5.41, 5.74) is 6.30. The summed E-state index contributed by atoms with van der Waals surface area (Å²) in [6.45, 7) is 1.80. The highest BCUT2D eigenvalue weighted by Crippen LogP contribution is 2.29. The quantitative estimate of drug-likeness (QED) is 0.832. The van der Waals surface area contributed by atoms with Crippen molar-refractivity contribution in [3.05, 3.63) is 23.8 Å². The standard InChI is InChI=1S/C10H11N3O3S2/c1-6-2-3-7-8(4-6)18(15,16)13-10(12-7)17-5-9(11)14/h2-4H,5H2,1H3,(H2,11,14)(H,12,13). The summed E-state index contributed by atoms with van der Waals surface area (Å²) in [5, 5.41) is 3.02. The second kappa shape index (κ2) is 4.62. The Bertz CT molecular complexity index is 638. The highest BCUT2D eigenvalue weighted by Gasteiger charge is 2.25. The zero-order chi connectivity index (χ0) is 13.3. The van der Waals surface area contributed by atoms with Crippen LogP contribution < -0.4 is 11.1 Å². The number of carbonyl (C=O) groups is 1. The maximum absolute atomic E-state index is 11.9. The van der Waals surface area contributed by atoms with E-state index >= 15 is 0 Å². The highest BCUT2D eigenvalue weighted by atomic mass is 32.2. The summed E-state index contributed by atoms with van der Waals surface area (Å²) in [6.07, 6.45) is 0. The average Bonchev–Trinajstić information content (AvgIpc) is 2.27. The number of anilines is 1. The Hall–Kier alpha value is -1.54. The molecule has 6 nitrogen and oxygen atoms in total. The lowest BCUT2D eigenvalue weighted by atomic mass is 10.2. The largest absolute Gasteiger partial charge is 0.369 e. The van der Waals surface area contributed by atoms with Crippen LogP contribution in [0.5, 0.6) is 0 Å². The van der Waals surface area contributed by atoms with Crippen LogP contribution in [-0.2, 0) is 14.8 Å². The molecule has 0 fully saturated rings. The molecule has 1 amide bonds. The third kappa shape index (κ3) is 2.65. The molecule has 1 aromatic rings. The van der Waals surface area contributed by atoms with E-state index in [9.17, 15) is 13.2 Å². The molecule has 0 unspecified atom stereocenters. The molecule has 2 rings (SSSR count). The number of aryl methyl sites for hydroxylation is 1. The Morgan fingerprint density at radius 2 is 2.22 bits per heavy atom. The molecule has 3 N–H and O–H groups in total. The zero-order valence-corrected chi connectivity index (χ0v) is 11.1. The number of rotatable bonds is 2. The van der Waals surface area contributed by atoms with Crippen molar-refractivity contribution >= 4 is 38.5 Å². The predicted molar refractivity (Wildman–Crippen MR) is 71.1 cm³/mol. The molecule has 0 bridgehead atoms. The molecule has 0 spiro atoms. The lowest BCUT2D eigenvalue weighted by molar-refractivity contribution is -0.115. The number of fused-ring (bicyclic) bond motifs is 1. The molecule has 1 aromatic carbocycles. The van der Waals surface area contributed by atoms with Gasteiger partial charge >= 0.3 is 0 Å². The van der Waals surface area contributed by atoms with Crippen LogP contribution in [0.15, 0.2) is 27.5 Å². The van der Waals surface area contributed by atoms with Gasteiger partial charge in [-0.15, -0.1) is 4.40 Å². The number of sulfonamides is 1. The molecular formula is C10H11N3O3S2. The van der Waals surface area contributed by atoms with Gasteiger partial charge in [-0.25, -0.2) is 0 Å². The van der Waals surface area contributed by atoms with Gasteiger partial charge in [0, 0.05) is 0 Å². The Balaban J connectivity index is 2.36. The first-order chi connectivity index (χ1) is 8.38. The van der Waals surface area contributed by atoms with Gasteiger partial charge in [0.15, 0.2) is 5.17 Å². The first-order valence-electron chi connectivity index (χ1n) is 5.02. The van der Waals surface area contributed by atoms with Crippen LogP contribution in [0.2, 0.25) is 0 Å². The molecule has 0 saturated heterocycles. The van der Waals surface area contributed by atoms with E-state index in [1.54, 1.807) is 25.1 Å². The van der Waals surface area contributed by atoms with Gasteiger partial charge in [0.25, 0.3) is 10.0 Å². The first-order valence-corrected chi connectivity index (χ1v) is 7.45. The first kappa shape index (κ1) is 12.9. The Kier molecular flexibility index (Phi) is 3.31. The summed E-state index contributed by atoms with van der Waals surface area (Å²) < 4.78 is 27.4. The molecule has 96 valence electrons. The molecule has 0 aromatic heterocycles. The number of carbonyl (C=O) groups excluding carboxylic acids is 1. The molecule has 1 aliphatic heterocycles. The van der Waals surface area contributed by atoms with Gasteiger partial charge in [0.05, 0.1) is 11.4 Å². The normalized spacial score (nSPS) is 16.4. The number of thioether (sulfide) groups is 1. The summed E-state index contributed by atoms with van der Waals surface area (Å²) in [6, 6.07) is 5.02. The third-order valence-electron chi connectivity index (χ3n) is 2.21. The van der Waals surface area contributed by atoms with Crippen molar-refractivity contribution in [2.45, 2.75) is 11.8 Å². The van der Waals surface area contributed by atoms with Gasteiger partial charge in [-0.1, -0.05) is 17.8 Å². The zero-order valence-electron chi connectivity index (χ0n) is 9.50. The van der Waals surface area contributed by atoms with Crippen LogP contribution in [0.3, 0.4) is 0 Å². The third-order valence-corrected chi connectivity index (χ3v) is 4.54. The monoisotopic (exact) mass is 285 g/mol. The molecular weight excluding hydrogens is 274 g/mol. The fourth-order valence-electron chi connectivity index (χ4n) is 1.44. The SMILES string of the molecule is Cc1ccc2c(c1)S(=O)(=O)N=C(SCC(N)=O)N2. The fourth-order valence-corrected chi connectivity index (χ4v) is 3.50.